The van der Waals surface area contributed by atoms with Crippen molar-refractivity contribution in [2.75, 3.05) is 24.5 Å². The van der Waals surface area contributed by atoms with Crippen LogP contribution in [0.1, 0.15) is 55.9 Å². The lowest BCUT2D eigenvalue weighted by Gasteiger charge is -2.23. The maximum Gasteiger partial charge on any atom is 0.261 e. The molecule has 0 aromatic heterocycles. The summed E-state index contributed by atoms with van der Waals surface area (Å²) in [7, 11) is -4.07. The summed E-state index contributed by atoms with van der Waals surface area (Å²) in [6.07, 6.45) is 1.29. The number of fused-ring (bicyclic) bond motifs is 1. The predicted octanol–water partition coefficient (Wildman–Crippen LogP) is 5.54. The van der Waals surface area contributed by atoms with Gasteiger partial charge in [-0.3, -0.25) is 9.52 Å². The fourth-order valence-electron chi connectivity index (χ4n) is 4.97. The van der Waals surface area contributed by atoms with Crippen LogP contribution in [0.3, 0.4) is 0 Å². The predicted molar refractivity (Wildman–Crippen MR) is 157 cm³/mol. The molecule has 0 aliphatic carbocycles. The molecule has 1 amide bonds. The highest BCUT2D eigenvalue weighted by Crippen LogP contribution is 2.29. The minimum atomic E-state index is -4.07. The molecule has 0 spiro atoms. The number of hydrogen-bond donors (Lipinski definition) is 1. The quantitative estimate of drug-likeness (QED) is 0.349. The van der Waals surface area contributed by atoms with Gasteiger partial charge in [0.25, 0.3) is 10.0 Å². The molecule has 2 aliphatic rings. The summed E-state index contributed by atoms with van der Waals surface area (Å²) in [5.74, 6) is -0.506. The number of hydrogen-bond acceptors (Lipinski definition) is 6. The van der Waals surface area contributed by atoms with E-state index < -0.39 is 15.8 Å². The Balaban J connectivity index is 1.18. The molecule has 5 rings (SSSR count). The molecular weight excluding hydrogens is 559 g/mol. The average molecular weight is 597 g/mol. The van der Waals surface area contributed by atoms with Gasteiger partial charge < -0.3 is 19.1 Å². The first-order chi connectivity index (χ1) is 20.0. The van der Waals surface area contributed by atoms with Crippen molar-refractivity contribution in [3.63, 3.8) is 0 Å². The van der Waals surface area contributed by atoms with E-state index in [2.05, 4.69) is 37.6 Å². The fraction of sp³-hybridized carbons (Fsp3) is 0.406. The van der Waals surface area contributed by atoms with Crippen LogP contribution in [0, 0.1) is 5.82 Å². The number of nitrogens with one attached hydrogen (secondary N) is 1. The largest absolute Gasteiger partial charge is 0.493 e. The van der Waals surface area contributed by atoms with E-state index in [-0.39, 0.29) is 47.0 Å². The highest BCUT2D eigenvalue weighted by Gasteiger charge is 2.26. The Kier molecular flexibility index (Phi) is 8.86. The summed E-state index contributed by atoms with van der Waals surface area (Å²) >= 11 is 0. The molecule has 0 radical (unpaired) electrons. The van der Waals surface area contributed by atoms with Gasteiger partial charge in [0.2, 0.25) is 5.91 Å². The lowest BCUT2D eigenvalue weighted by Crippen LogP contribution is -2.26. The van der Waals surface area contributed by atoms with Gasteiger partial charge in [0.05, 0.1) is 36.8 Å². The molecule has 3 aromatic carbocycles. The van der Waals surface area contributed by atoms with Crippen LogP contribution in [0.5, 0.6) is 5.75 Å². The third-order valence-corrected chi connectivity index (χ3v) is 8.80. The third kappa shape index (κ3) is 7.29. The Morgan fingerprint density at radius 1 is 1.00 bits per heavy atom. The van der Waals surface area contributed by atoms with Gasteiger partial charge in [-0.1, -0.05) is 51.1 Å². The van der Waals surface area contributed by atoms with E-state index in [1.807, 2.05) is 12.1 Å². The molecule has 0 atom stereocenters. The minimum Gasteiger partial charge on any atom is -0.493 e. The first-order valence-electron chi connectivity index (χ1n) is 14.2. The zero-order chi connectivity index (χ0) is 29.9. The zero-order valence-electron chi connectivity index (χ0n) is 24.2. The van der Waals surface area contributed by atoms with Gasteiger partial charge in [-0.2, -0.15) is 0 Å². The molecule has 1 fully saturated rings. The molecule has 3 aromatic rings. The molecule has 0 saturated carbocycles. The molecular formula is C32H37FN2O6S. The SMILES string of the molecule is CC(C)(C)c1ccc(CC(=O)N2Cc3ccc(S(=O)(=O)Nc4ccc(OCCC5OCCCO5)cc4F)cc3C2)cc1. The number of carbonyl (C=O) groups excluding carboxylic acids is 1. The Morgan fingerprint density at radius 3 is 2.40 bits per heavy atom. The first kappa shape index (κ1) is 30.0. The standard InChI is InChI=1S/C32H37FN2O6S/c1-32(2,3)25-8-5-22(6-9-25)17-30(36)35-20-23-7-11-27(18-24(23)21-35)42(37,38)34-29-12-10-26(19-28(29)33)39-16-13-31-40-14-4-15-41-31/h5-12,18-19,31,34H,4,13-17,20-21H2,1-3H3. The smallest absolute Gasteiger partial charge is 0.261 e. The van der Waals surface area contributed by atoms with E-state index in [9.17, 15) is 17.6 Å². The van der Waals surface area contributed by atoms with Crippen LogP contribution in [0.15, 0.2) is 65.6 Å². The van der Waals surface area contributed by atoms with Crippen molar-refractivity contribution in [2.24, 2.45) is 0 Å². The highest BCUT2D eigenvalue weighted by molar-refractivity contribution is 7.92. The Bertz CT molecular complexity index is 1530. The van der Waals surface area contributed by atoms with Gasteiger partial charge in [0.1, 0.15) is 5.75 Å². The maximum atomic E-state index is 14.8. The van der Waals surface area contributed by atoms with Crippen LogP contribution in [-0.2, 0) is 49.2 Å². The van der Waals surface area contributed by atoms with E-state index in [1.165, 1.54) is 23.8 Å². The molecule has 0 bridgehead atoms. The van der Waals surface area contributed by atoms with Gasteiger partial charge in [-0.05, 0) is 58.4 Å². The average Bonchev–Trinajstić information content (AvgIpc) is 3.39. The molecule has 2 aliphatic heterocycles. The summed E-state index contributed by atoms with van der Waals surface area (Å²) < 4.78 is 59.9. The molecule has 1 saturated heterocycles. The van der Waals surface area contributed by atoms with Gasteiger partial charge >= 0.3 is 0 Å². The minimum absolute atomic E-state index is 0.000488. The van der Waals surface area contributed by atoms with E-state index in [0.29, 0.717) is 32.7 Å². The molecule has 10 heteroatoms. The van der Waals surface area contributed by atoms with Gasteiger partial charge in [0, 0.05) is 25.6 Å². The van der Waals surface area contributed by atoms with Crippen LogP contribution in [0.2, 0.25) is 0 Å². The molecule has 0 unspecified atom stereocenters. The second kappa shape index (κ2) is 12.4. The number of amides is 1. The van der Waals surface area contributed by atoms with Gasteiger partial charge in [-0.15, -0.1) is 0 Å². The van der Waals surface area contributed by atoms with Crippen LogP contribution >= 0.6 is 0 Å². The molecule has 1 N–H and O–H groups in total. The van der Waals surface area contributed by atoms with E-state index >= 15 is 0 Å². The maximum absolute atomic E-state index is 14.8. The topological polar surface area (TPSA) is 94.2 Å². The molecule has 42 heavy (non-hydrogen) atoms. The number of halogens is 1. The number of benzene rings is 3. The van der Waals surface area contributed by atoms with Crippen molar-refractivity contribution in [3.05, 3.63) is 88.7 Å². The number of sulfonamides is 1. The normalized spacial score (nSPS) is 15.9. The van der Waals surface area contributed by atoms with E-state index in [0.717, 1.165) is 29.2 Å². The zero-order valence-corrected chi connectivity index (χ0v) is 25.0. The van der Waals surface area contributed by atoms with Crippen molar-refractivity contribution in [2.45, 2.75) is 69.7 Å². The number of nitrogens with zero attached hydrogens (tertiary/aromatic N) is 1. The van der Waals surface area contributed by atoms with E-state index in [1.54, 1.807) is 17.0 Å². The summed E-state index contributed by atoms with van der Waals surface area (Å²) in [5.41, 5.74) is 3.63. The number of carbonyl (C=O) groups is 1. The lowest BCUT2D eigenvalue weighted by molar-refractivity contribution is -0.183. The van der Waals surface area contributed by atoms with Crippen molar-refractivity contribution < 1.29 is 31.8 Å². The summed E-state index contributed by atoms with van der Waals surface area (Å²) in [5, 5.41) is 0. The van der Waals surface area contributed by atoms with Crippen molar-refractivity contribution in [1.29, 1.82) is 0 Å². The Morgan fingerprint density at radius 2 is 1.71 bits per heavy atom. The van der Waals surface area contributed by atoms with Crippen LogP contribution in [0.4, 0.5) is 10.1 Å². The van der Waals surface area contributed by atoms with Crippen LogP contribution in [0.25, 0.3) is 0 Å². The van der Waals surface area contributed by atoms with Crippen LogP contribution < -0.4 is 9.46 Å². The summed E-state index contributed by atoms with van der Waals surface area (Å²) in [4.78, 5) is 14.8. The van der Waals surface area contributed by atoms with E-state index in [4.69, 9.17) is 14.2 Å². The van der Waals surface area contributed by atoms with Crippen LogP contribution in [-0.4, -0.2) is 45.3 Å². The Hall–Kier alpha value is -3.47. The molecule has 8 nitrogen and oxygen atoms in total. The fourth-order valence-corrected chi connectivity index (χ4v) is 6.09. The lowest BCUT2D eigenvalue weighted by atomic mass is 9.86. The third-order valence-electron chi connectivity index (χ3n) is 7.44. The summed E-state index contributed by atoms with van der Waals surface area (Å²) in [6, 6.07) is 16.8. The van der Waals surface area contributed by atoms with Gasteiger partial charge in [-0.25, -0.2) is 12.8 Å². The molecule has 2 heterocycles. The van der Waals surface area contributed by atoms with Crippen molar-refractivity contribution in [3.8, 4) is 5.75 Å². The summed E-state index contributed by atoms with van der Waals surface area (Å²) in [6.45, 7) is 8.72. The first-order valence-corrected chi connectivity index (χ1v) is 15.6. The second-order valence-corrected chi connectivity index (χ2v) is 13.4. The molecule has 224 valence electrons. The number of rotatable bonds is 9. The monoisotopic (exact) mass is 596 g/mol. The highest BCUT2D eigenvalue weighted by atomic mass is 32.2. The number of ether oxygens (including phenoxy) is 3. The Labute approximate surface area is 246 Å². The number of anilines is 1. The van der Waals surface area contributed by atoms with Crippen molar-refractivity contribution in [1.82, 2.24) is 4.90 Å². The second-order valence-electron chi connectivity index (χ2n) is 11.7. The van der Waals surface area contributed by atoms with Crippen molar-refractivity contribution >= 4 is 21.6 Å². The van der Waals surface area contributed by atoms with Gasteiger partial charge in [0.15, 0.2) is 12.1 Å².